The lowest BCUT2D eigenvalue weighted by molar-refractivity contribution is 0.0985. The van der Waals surface area contributed by atoms with E-state index >= 15 is 0 Å². The van der Waals surface area contributed by atoms with E-state index in [-0.39, 0.29) is 16.8 Å². The average molecular weight is 506 g/mol. The number of thiazole rings is 1. The fourth-order valence-corrected chi connectivity index (χ4v) is 6.54. The van der Waals surface area contributed by atoms with Crippen LogP contribution >= 0.6 is 11.3 Å². The Bertz CT molecular complexity index is 1460. The van der Waals surface area contributed by atoms with E-state index in [1.165, 1.54) is 27.8 Å². The monoisotopic (exact) mass is 505 g/mol. The van der Waals surface area contributed by atoms with Gasteiger partial charge in [-0.15, -0.1) is 0 Å². The molecule has 3 aromatic carbocycles. The van der Waals surface area contributed by atoms with Gasteiger partial charge in [0.15, 0.2) is 5.13 Å². The minimum atomic E-state index is -3.57. The summed E-state index contributed by atoms with van der Waals surface area (Å²) in [5.41, 5.74) is 3.47. The minimum absolute atomic E-state index is 0.0784. The smallest absolute Gasteiger partial charge is 0.260 e. The molecule has 1 heterocycles. The standard InChI is InChI=1S/C27H27N3O3S2/c1-3-20-10-7-11-24-25(20)28-27(34-24)30(18-19-8-5-4-6-9-19)26(31)21-12-16-23(17-13-21)35(32,33)29(2)22-14-15-22/h4-13,16-17,22H,3,14-15,18H2,1-2H3. The number of anilines is 1. The van der Waals surface area contributed by atoms with Crippen LogP contribution in [0.3, 0.4) is 0 Å². The van der Waals surface area contributed by atoms with Crippen molar-refractivity contribution >= 4 is 42.6 Å². The van der Waals surface area contributed by atoms with Gasteiger partial charge in [-0.05, 0) is 60.7 Å². The second-order valence-electron chi connectivity index (χ2n) is 8.77. The number of rotatable bonds is 8. The molecular formula is C27H27N3O3S2. The van der Waals surface area contributed by atoms with Gasteiger partial charge in [-0.1, -0.05) is 60.7 Å². The number of carbonyl (C=O) groups is 1. The van der Waals surface area contributed by atoms with Gasteiger partial charge in [-0.3, -0.25) is 9.69 Å². The van der Waals surface area contributed by atoms with Gasteiger partial charge in [0.25, 0.3) is 5.91 Å². The summed E-state index contributed by atoms with van der Waals surface area (Å²) in [6.45, 7) is 2.46. The van der Waals surface area contributed by atoms with Gasteiger partial charge in [0.2, 0.25) is 10.0 Å². The van der Waals surface area contributed by atoms with E-state index in [9.17, 15) is 13.2 Å². The molecule has 1 aliphatic carbocycles. The normalized spacial score (nSPS) is 13.9. The van der Waals surface area contributed by atoms with E-state index in [2.05, 4.69) is 13.0 Å². The second kappa shape index (κ2) is 9.53. The first kappa shape index (κ1) is 23.7. The van der Waals surface area contributed by atoms with Crippen molar-refractivity contribution in [1.29, 1.82) is 0 Å². The van der Waals surface area contributed by atoms with Crippen molar-refractivity contribution in [1.82, 2.24) is 9.29 Å². The molecule has 8 heteroatoms. The first-order chi connectivity index (χ1) is 16.9. The lowest BCUT2D eigenvalue weighted by Gasteiger charge is -2.21. The van der Waals surface area contributed by atoms with Crippen molar-refractivity contribution in [3.05, 3.63) is 89.5 Å². The molecule has 0 bridgehead atoms. The molecule has 1 aliphatic rings. The molecule has 4 aromatic rings. The van der Waals surface area contributed by atoms with Gasteiger partial charge in [0.1, 0.15) is 0 Å². The molecule has 35 heavy (non-hydrogen) atoms. The van der Waals surface area contributed by atoms with Crippen LogP contribution in [0.25, 0.3) is 10.2 Å². The van der Waals surface area contributed by atoms with Crippen LogP contribution in [-0.2, 0) is 23.0 Å². The maximum Gasteiger partial charge on any atom is 0.260 e. The first-order valence-corrected chi connectivity index (χ1v) is 14.0. The van der Waals surface area contributed by atoms with Crippen LogP contribution in [0.5, 0.6) is 0 Å². The highest BCUT2D eigenvalue weighted by Gasteiger charge is 2.35. The average Bonchev–Trinajstić information content (AvgIpc) is 3.64. The molecule has 180 valence electrons. The van der Waals surface area contributed by atoms with E-state index in [0.717, 1.165) is 40.6 Å². The van der Waals surface area contributed by atoms with Gasteiger partial charge >= 0.3 is 0 Å². The molecule has 1 aromatic heterocycles. The summed E-state index contributed by atoms with van der Waals surface area (Å²) >= 11 is 1.49. The summed E-state index contributed by atoms with van der Waals surface area (Å²) in [6.07, 6.45) is 2.64. The fourth-order valence-electron chi connectivity index (χ4n) is 4.11. The predicted octanol–water partition coefficient (Wildman–Crippen LogP) is 5.49. The van der Waals surface area contributed by atoms with Crippen molar-refractivity contribution in [2.45, 2.75) is 43.7 Å². The predicted molar refractivity (Wildman–Crippen MR) is 140 cm³/mol. The number of hydrogen-bond donors (Lipinski definition) is 0. The van der Waals surface area contributed by atoms with Gasteiger partial charge < -0.3 is 0 Å². The van der Waals surface area contributed by atoms with Gasteiger partial charge in [-0.25, -0.2) is 13.4 Å². The number of nitrogens with zero attached hydrogens (tertiary/aromatic N) is 3. The number of amides is 1. The molecule has 0 unspecified atom stereocenters. The SMILES string of the molecule is CCc1cccc2sc(N(Cc3ccccc3)C(=O)c3ccc(S(=O)(=O)N(C)C4CC4)cc3)nc12. The Morgan fingerprint density at radius 3 is 2.37 bits per heavy atom. The Balaban J connectivity index is 1.50. The molecule has 0 aliphatic heterocycles. The highest BCUT2D eigenvalue weighted by atomic mass is 32.2. The number of aryl methyl sites for hydroxylation is 1. The van der Waals surface area contributed by atoms with Crippen molar-refractivity contribution in [2.24, 2.45) is 0 Å². The van der Waals surface area contributed by atoms with Crippen molar-refractivity contribution in [2.75, 3.05) is 11.9 Å². The van der Waals surface area contributed by atoms with Crippen molar-refractivity contribution in [3.63, 3.8) is 0 Å². The summed E-state index contributed by atoms with van der Waals surface area (Å²) in [7, 11) is -1.95. The number of sulfonamides is 1. The van der Waals surface area contributed by atoms with E-state index in [1.807, 2.05) is 42.5 Å². The number of fused-ring (bicyclic) bond motifs is 1. The molecule has 0 saturated heterocycles. The second-order valence-corrected chi connectivity index (χ2v) is 11.8. The summed E-state index contributed by atoms with van der Waals surface area (Å²) in [5.74, 6) is -0.217. The lowest BCUT2D eigenvalue weighted by Crippen LogP contribution is -2.31. The molecular weight excluding hydrogens is 478 g/mol. The van der Waals surface area contributed by atoms with Gasteiger partial charge in [0, 0.05) is 18.7 Å². The maximum atomic E-state index is 13.7. The maximum absolute atomic E-state index is 13.7. The first-order valence-electron chi connectivity index (χ1n) is 11.7. The molecule has 1 saturated carbocycles. The number of para-hydroxylation sites is 1. The summed E-state index contributed by atoms with van der Waals surface area (Å²) < 4.78 is 28.2. The molecule has 0 spiro atoms. The molecule has 0 radical (unpaired) electrons. The molecule has 1 fully saturated rings. The quantitative estimate of drug-likeness (QED) is 0.318. The molecule has 0 atom stereocenters. The van der Waals surface area contributed by atoms with Crippen LogP contribution in [-0.4, -0.2) is 36.7 Å². The van der Waals surface area contributed by atoms with E-state index in [4.69, 9.17) is 4.98 Å². The molecule has 5 rings (SSSR count). The Hall–Kier alpha value is -3.07. The van der Waals surface area contributed by atoms with Gasteiger partial charge in [0.05, 0.1) is 21.7 Å². The topological polar surface area (TPSA) is 70.6 Å². The highest BCUT2D eigenvalue weighted by molar-refractivity contribution is 7.89. The number of benzene rings is 3. The Morgan fingerprint density at radius 2 is 1.71 bits per heavy atom. The summed E-state index contributed by atoms with van der Waals surface area (Å²) in [5, 5.41) is 0.625. The molecule has 6 nitrogen and oxygen atoms in total. The molecule has 0 N–H and O–H groups in total. The minimum Gasteiger partial charge on any atom is -0.279 e. The van der Waals surface area contributed by atoms with Crippen molar-refractivity contribution < 1.29 is 13.2 Å². The van der Waals surface area contributed by atoms with Gasteiger partial charge in [-0.2, -0.15) is 4.31 Å². The van der Waals surface area contributed by atoms with Crippen LogP contribution in [0.2, 0.25) is 0 Å². The summed E-state index contributed by atoms with van der Waals surface area (Å²) in [4.78, 5) is 20.5. The van der Waals surface area contributed by atoms with Crippen LogP contribution in [0.15, 0.2) is 77.7 Å². The van der Waals surface area contributed by atoms with Crippen LogP contribution < -0.4 is 4.90 Å². The van der Waals surface area contributed by atoms with E-state index < -0.39 is 10.0 Å². The Labute approximate surface area is 209 Å². The van der Waals surface area contributed by atoms with Crippen LogP contribution in [0.4, 0.5) is 5.13 Å². The Kier molecular flexibility index (Phi) is 6.44. The number of hydrogen-bond acceptors (Lipinski definition) is 5. The lowest BCUT2D eigenvalue weighted by atomic mass is 10.1. The van der Waals surface area contributed by atoms with Crippen molar-refractivity contribution in [3.8, 4) is 0 Å². The third-order valence-corrected chi connectivity index (χ3v) is 9.34. The third-order valence-electron chi connectivity index (χ3n) is 6.37. The Morgan fingerprint density at radius 1 is 1.00 bits per heavy atom. The molecule has 1 amide bonds. The zero-order valence-electron chi connectivity index (χ0n) is 19.7. The van der Waals surface area contributed by atoms with E-state index in [1.54, 1.807) is 24.1 Å². The van der Waals surface area contributed by atoms with Crippen LogP contribution in [0, 0.1) is 0 Å². The van der Waals surface area contributed by atoms with E-state index in [0.29, 0.717) is 17.2 Å². The third kappa shape index (κ3) is 4.74. The largest absolute Gasteiger partial charge is 0.279 e. The number of aromatic nitrogens is 1. The zero-order valence-corrected chi connectivity index (χ0v) is 21.3. The summed E-state index contributed by atoms with van der Waals surface area (Å²) in [6, 6.07) is 22.2. The fraction of sp³-hybridized carbons (Fsp3) is 0.259. The highest BCUT2D eigenvalue weighted by Crippen LogP contribution is 2.33. The number of carbonyl (C=O) groups excluding carboxylic acids is 1. The van der Waals surface area contributed by atoms with Crippen LogP contribution in [0.1, 0.15) is 41.3 Å². The zero-order chi connectivity index (χ0) is 24.6.